The van der Waals surface area contributed by atoms with Crippen LogP contribution in [0.15, 0.2) is 18.2 Å². The van der Waals surface area contributed by atoms with Crippen molar-refractivity contribution in [2.45, 2.75) is 65.5 Å². The van der Waals surface area contributed by atoms with Crippen LogP contribution in [-0.2, 0) is 0 Å². The molecule has 0 aromatic heterocycles. The van der Waals surface area contributed by atoms with Gasteiger partial charge in [-0.2, -0.15) is 0 Å². The zero-order valence-electron chi connectivity index (χ0n) is 13.6. The molecule has 112 valence electrons. The Morgan fingerprint density at radius 2 is 2.15 bits per heavy atom. The third-order valence-corrected chi connectivity index (χ3v) is 4.39. The summed E-state index contributed by atoms with van der Waals surface area (Å²) in [6.07, 6.45) is 3.32. The highest BCUT2D eigenvalue weighted by Crippen LogP contribution is 2.41. The molecule has 2 rings (SSSR count). The summed E-state index contributed by atoms with van der Waals surface area (Å²) in [5, 5.41) is 3.75. The van der Waals surface area contributed by atoms with E-state index >= 15 is 0 Å². The van der Waals surface area contributed by atoms with Gasteiger partial charge in [0.2, 0.25) is 0 Å². The molecular formula is C18H29NO. The van der Waals surface area contributed by atoms with Crippen molar-refractivity contribution in [1.29, 1.82) is 0 Å². The molecule has 2 nitrogen and oxygen atoms in total. The van der Waals surface area contributed by atoms with E-state index in [1.165, 1.54) is 17.5 Å². The largest absolute Gasteiger partial charge is 0.487 e. The number of hydrogen-bond acceptors (Lipinski definition) is 2. The van der Waals surface area contributed by atoms with E-state index in [4.69, 9.17) is 4.74 Å². The van der Waals surface area contributed by atoms with E-state index in [1.807, 2.05) is 0 Å². The smallest absolute Gasteiger partial charge is 0.124 e. The van der Waals surface area contributed by atoms with Crippen molar-refractivity contribution in [3.8, 4) is 5.75 Å². The fourth-order valence-electron chi connectivity index (χ4n) is 2.83. The molecule has 2 heteroatoms. The minimum Gasteiger partial charge on any atom is -0.487 e. The average molecular weight is 275 g/mol. The molecule has 0 radical (unpaired) electrons. The van der Waals surface area contributed by atoms with Gasteiger partial charge in [-0.15, -0.1) is 0 Å². The predicted octanol–water partition coefficient (Wildman–Crippen LogP) is 4.62. The lowest BCUT2D eigenvalue weighted by molar-refractivity contribution is 0.0441. The van der Waals surface area contributed by atoms with Crippen LogP contribution in [0.2, 0.25) is 0 Å². The van der Waals surface area contributed by atoms with Crippen molar-refractivity contribution in [3.05, 3.63) is 29.3 Å². The summed E-state index contributed by atoms with van der Waals surface area (Å²) in [7, 11) is 0. The minimum atomic E-state index is -0.0439. The van der Waals surface area contributed by atoms with Gasteiger partial charge in [-0.1, -0.05) is 38.5 Å². The first kappa shape index (κ1) is 15.4. The summed E-state index contributed by atoms with van der Waals surface area (Å²) >= 11 is 0. The molecule has 1 heterocycles. The molecule has 0 fully saturated rings. The highest BCUT2D eigenvalue weighted by atomic mass is 16.5. The first-order valence-electron chi connectivity index (χ1n) is 7.96. The molecule has 0 spiro atoms. The maximum absolute atomic E-state index is 6.24. The number of fused-ring (bicyclic) bond motifs is 1. The van der Waals surface area contributed by atoms with E-state index in [9.17, 15) is 0 Å². The summed E-state index contributed by atoms with van der Waals surface area (Å²) in [5.41, 5.74) is 2.60. The van der Waals surface area contributed by atoms with Crippen molar-refractivity contribution >= 4 is 0 Å². The zero-order valence-corrected chi connectivity index (χ0v) is 13.6. The van der Waals surface area contributed by atoms with Crippen LogP contribution in [0.1, 0.15) is 64.1 Å². The average Bonchev–Trinajstić information content (AvgIpc) is 2.39. The van der Waals surface area contributed by atoms with Gasteiger partial charge in [-0.05, 0) is 45.2 Å². The van der Waals surface area contributed by atoms with E-state index in [2.05, 4.69) is 58.1 Å². The molecule has 2 unspecified atom stereocenters. The zero-order chi connectivity index (χ0) is 14.8. The summed E-state index contributed by atoms with van der Waals surface area (Å²) in [6, 6.07) is 6.97. The van der Waals surface area contributed by atoms with Crippen molar-refractivity contribution < 1.29 is 4.74 Å². The number of nitrogens with one attached hydrogen (secondary N) is 1. The first-order chi connectivity index (χ1) is 9.43. The molecule has 1 aliphatic heterocycles. The summed E-state index contributed by atoms with van der Waals surface area (Å²) in [6.45, 7) is 12.2. The second kappa shape index (κ2) is 6.17. The number of aryl methyl sites for hydroxylation is 1. The van der Waals surface area contributed by atoms with Gasteiger partial charge in [0.1, 0.15) is 11.4 Å². The van der Waals surface area contributed by atoms with Crippen molar-refractivity contribution in [1.82, 2.24) is 5.32 Å². The van der Waals surface area contributed by atoms with E-state index in [0.717, 1.165) is 31.1 Å². The molecule has 0 amide bonds. The van der Waals surface area contributed by atoms with Gasteiger partial charge in [0.15, 0.2) is 0 Å². The third kappa shape index (κ3) is 3.54. The number of benzene rings is 1. The second-order valence-corrected chi connectivity index (χ2v) is 6.84. The van der Waals surface area contributed by atoms with E-state index < -0.39 is 0 Å². The fraction of sp³-hybridized carbons (Fsp3) is 0.667. The number of hydrogen-bond donors (Lipinski definition) is 1. The van der Waals surface area contributed by atoms with Crippen LogP contribution in [0, 0.1) is 12.8 Å². The Bertz CT molecular complexity index is 455. The van der Waals surface area contributed by atoms with Crippen LogP contribution in [-0.4, -0.2) is 12.1 Å². The van der Waals surface area contributed by atoms with Crippen LogP contribution in [0.25, 0.3) is 0 Å². The lowest BCUT2D eigenvalue weighted by Crippen LogP contribution is -2.41. The highest BCUT2D eigenvalue weighted by molar-refractivity contribution is 5.41. The minimum absolute atomic E-state index is 0.0439. The monoisotopic (exact) mass is 275 g/mol. The lowest BCUT2D eigenvalue weighted by atomic mass is 9.86. The molecule has 1 N–H and O–H groups in total. The van der Waals surface area contributed by atoms with Gasteiger partial charge in [0.25, 0.3) is 0 Å². The van der Waals surface area contributed by atoms with Gasteiger partial charge >= 0.3 is 0 Å². The Morgan fingerprint density at radius 3 is 2.80 bits per heavy atom. The Labute approximate surface area is 123 Å². The van der Waals surface area contributed by atoms with Gasteiger partial charge < -0.3 is 10.1 Å². The highest BCUT2D eigenvalue weighted by Gasteiger charge is 2.35. The lowest BCUT2D eigenvalue weighted by Gasteiger charge is -2.40. The molecule has 2 atom stereocenters. The molecule has 20 heavy (non-hydrogen) atoms. The van der Waals surface area contributed by atoms with Crippen LogP contribution in [0.5, 0.6) is 5.75 Å². The first-order valence-corrected chi connectivity index (χ1v) is 7.96. The fourth-order valence-corrected chi connectivity index (χ4v) is 2.83. The standard InChI is InChI=1S/C18H29NO/c1-6-18(5)12-16(19-10-9-13(2)3)15-11-14(4)7-8-17(15)20-18/h7-8,11,13,16,19H,6,9-10,12H2,1-5H3. The Kier molecular flexibility index (Phi) is 4.74. The van der Waals surface area contributed by atoms with Crippen molar-refractivity contribution in [2.24, 2.45) is 5.92 Å². The van der Waals surface area contributed by atoms with Gasteiger partial charge in [-0.25, -0.2) is 0 Å². The Morgan fingerprint density at radius 1 is 1.40 bits per heavy atom. The Hall–Kier alpha value is -1.02. The molecular weight excluding hydrogens is 246 g/mol. The number of ether oxygens (including phenoxy) is 1. The number of rotatable bonds is 5. The molecule has 0 saturated heterocycles. The summed E-state index contributed by atoms with van der Waals surface area (Å²) in [4.78, 5) is 0. The normalized spacial score (nSPS) is 25.4. The molecule has 1 aliphatic rings. The Balaban J connectivity index is 2.19. The van der Waals surface area contributed by atoms with E-state index in [-0.39, 0.29) is 5.60 Å². The molecule has 1 aromatic rings. The second-order valence-electron chi connectivity index (χ2n) is 6.84. The third-order valence-electron chi connectivity index (χ3n) is 4.39. The quantitative estimate of drug-likeness (QED) is 0.846. The van der Waals surface area contributed by atoms with Crippen LogP contribution < -0.4 is 10.1 Å². The molecule has 0 saturated carbocycles. The molecule has 1 aromatic carbocycles. The predicted molar refractivity (Wildman–Crippen MR) is 85.3 cm³/mol. The van der Waals surface area contributed by atoms with Gasteiger partial charge in [0.05, 0.1) is 0 Å². The summed E-state index contributed by atoms with van der Waals surface area (Å²) < 4.78 is 6.24. The van der Waals surface area contributed by atoms with E-state index in [0.29, 0.717) is 6.04 Å². The SMILES string of the molecule is CCC1(C)CC(NCCC(C)C)c2cc(C)ccc2O1. The molecule has 0 bridgehead atoms. The van der Waals surface area contributed by atoms with Crippen LogP contribution in [0.3, 0.4) is 0 Å². The van der Waals surface area contributed by atoms with Crippen LogP contribution in [0.4, 0.5) is 0 Å². The maximum Gasteiger partial charge on any atom is 0.124 e. The summed E-state index contributed by atoms with van der Waals surface area (Å²) in [5.74, 6) is 1.81. The van der Waals surface area contributed by atoms with Crippen LogP contribution >= 0.6 is 0 Å². The molecule has 0 aliphatic carbocycles. The van der Waals surface area contributed by atoms with Crippen molar-refractivity contribution in [3.63, 3.8) is 0 Å². The van der Waals surface area contributed by atoms with E-state index in [1.54, 1.807) is 0 Å². The van der Waals surface area contributed by atoms with Gasteiger partial charge in [0, 0.05) is 18.0 Å². The topological polar surface area (TPSA) is 21.3 Å². The van der Waals surface area contributed by atoms with Gasteiger partial charge in [-0.3, -0.25) is 0 Å². The van der Waals surface area contributed by atoms with Crippen molar-refractivity contribution in [2.75, 3.05) is 6.54 Å². The maximum atomic E-state index is 6.24.